The molecule has 1 fully saturated rings. The number of rotatable bonds is 1. The van der Waals surface area contributed by atoms with Crippen LogP contribution in [-0.2, 0) is 4.79 Å². The number of carbonyl (C=O) groups excluding carboxylic acids is 1. The Balaban J connectivity index is 2.74. The van der Waals surface area contributed by atoms with Crippen LogP contribution in [0.2, 0.25) is 0 Å². The van der Waals surface area contributed by atoms with Gasteiger partial charge in [0, 0.05) is 0 Å². The van der Waals surface area contributed by atoms with Crippen molar-refractivity contribution in [1.82, 2.24) is 5.32 Å². The third-order valence-corrected chi connectivity index (χ3v) is 3.30. The van der Waals surface area contributed by atoms with Crippen molar-refractivity contribution in [2.45, 2.75) is 47.9 Å². The maximum atomic E-state index is 11.6. The van der Waals surface area contributed by atoms with E-state index in [0.29, 0.717) is 12.8 Å². The van der Waals surface area contributed by atoms with Crippen molar-refractivity contribution in [3.8, 4) is 6.07 Å². The number of alkyl halides is 3. The van der Waals surface area contributed by atoms with E-state index in [1.54, 1.807) is 0 Å². The van der Waals surface area contributed by atoms with E-state index in [1.807, 2.05) is 0 Å². The van der Waals surface area contributed by atoms with Gasteiger partial charge in [-0.05, 0) is 12.8 Å². The number of hydrogen-bond donors (Lipinski definition) is 1. The summed E-state index contributed by atoms with van der Waals surface area (Å²) < 4.78 is -2.00. The molecule has 3 nitrogen and oxygen atoms in total. The van der Waals surface area contributed by atoms with Gasteiger partial charge < -0.3 is 5.32 Å². The fourth-order valence-corrected chi connectivity index (χ4v) is 2.03. The molecule has 0 aliphatic heterocycles. The molecule has 0 aromatic heterocycles. The fourth-order valence-electron chi connectivity index (χ4n) is 1.89. The van der Waals surface area contributed by atoms with Crippen molar-refractivity contribution in [3.63, 3.8) is 0 Å². The summed E-state index contributed by atoms with van der Waals surface area (Å²) in [7, 11) is 0. The SMILES string of the molecule is N#CC1(NC(=O)C(Cl)(Cl)Cl)CCCCCC1. The van der Waals surface area contributed by atoms with E-state index in [2.05, 4.69) is 11.4 Å². The van der Waals surface area contributed by atoms with Crippen LogP contribution in [0.5, 0.6) is 0 Å². The van der Waals surface area contributed by atoms with Crippen LogP contribution in [0.4, 0.5) is 0 Å². The molecule has 0 aromatic rings. The third-order valence-electron chi connectivity index (χ3n) is 2.78. The molecule has 16 heavy (non-hydrogen) atoms. The fraction of sp³-hybridized carbons (Fsp3) is 0.800. The molecule has 6 heteroatoms. The minimum absolute atomic E-state index is 0.621. The van der Waals surface area contributed by atoms with E-state index in [1.165, 1.54) is 0 Å². The highest BCUT2D eigenvalue weighted by Crippen LogP contribution is 2.31. The Morgan fingerprint density at radius 3 is 2.06 bits per heavy atom. The summed E-state index contributed by atoms with van der Waals surface area (Å²) in [5.41, 5.74) is -0.864. The first kappa shape index (κ1) is 13.9. The molecule has 1 aliphatic carbocycles. The van der Waals surface area contributed by atoms with Crippen molar-refractivity contribution >= 4 is 40.7 Å². The molecular formula is C10H13Cl3N2O. The molecule has 1 N–H and O–H groups in total. The highest BCUT2D eigenvalue weighted by molar-refractivity contribution is 6.76. The van der Waals surface area contributed by atoms with Gasteiger partial charge in [0.25, 0.3) is 9.70 Å². The number of nitrogens with zero attached hydrogens (tertiary/aromatic N) is 1. The number of amides is 1. The summed E-state index contributed by atoms with van der Waals surface area (Å²) in [4.78, 5) is 11.6. The highest BCUT2D eigenvalue weighted by Gasteiger charge is 2.39. The van der Waals surface area contributed by atoms with Gasteiger partial charge >= 0.3 is 0 Å². The summed E-state index contributed by atoms with van der Waals surface area (Å²) in [5.74, 6) is -0.721. The molecule has 0 unspecified atom stereocenters. The van der Waals surface area contributed by atoms with Gasteiger partial charge in [0.2, 0.25) is 0 Å². The van der Waals surface area contributed by atoms with E-state index in [4.69, 9.17) is 34.8 Å². The monoisotopic (exact) mass is 282 g/mol. The Labute approximate surface area is 110 Å². The molecule has 0 atom stereocenters. The summed E-state index contributed by atoms with van der Waals surface area (Å²) in [6.07, 6.45) is 5.22. The zero-order valence-electron chi connectivity index (χ0n) is 8.73. The zero-order valence-corrected chi connectivity index (χ0v) is 11.0. The molecule has 0 bridgehead atoms. The Bertz CT molecular complexity index is 298. The van der Waals surface area contributed by atoms with E-state index in [-0.39, 0.29) is 0 Å². The number of nitriles is 1. The van der Waals surface area contributed by atoms with Gasteiger partial charge in [-0.15, -0.1) is 0 Å². The molecule has 0 heterocycles. The zero-order chi connectivity index (χ0) is 12.2. The number of carbonyl (C=O) groups is 1. The highest BCUT2D eigenvalue weighted by atomic mass is 35.6. The summed E-state index contributed by atoms with van der Waals surface area (Å²) in [5, 5.41) is 11.8. The normalized spacial score (nSPS) is 20.6. The molecule has 0 spiro atoms. The van der Waals surface area contributed by atoms with E-state index >= 15 is 0 Å². The minimum Gasteiger partial charge on any atom is -0.334 e. The van der Waals surface area contributed by atoms with Crippen LogP contribution >= 0.6 is 34.8 Å². The van der Waals surface area contributed by atoms with E-state index < -0.39 is 15.2 Å². The van der Waals surface area contributed by atoms with Gasteiger partial charge in [-0.3, -0.25) is 4.79 Å². The number of nitrogens with one attached hydrogen (secondary N) is 1. The second-order valence-corrected chi connectivity index (χ2v) is 6.34. The predicted molar refractivity (Wildman–Crippen MR) is 64.5 cm³/mol. The lowest BCUT2D eigenvalue weighted by Gasteiger charge is -2.27. The average Bonchev–Trinajstić information content (AvgIpc) is 2.43. The smallest absolute Gasteiger partial charge is 0.273 e. The van der Waals surface area contributed by atoms with Gasteiger partial charge in [0.05, 0.1) is 6.07 Å². The standard InChI is InChI=1S/C10H13Cl3N2O/c11-10(12,13)8(16)15-9(7-14)5-3-1-2-4-6-9/h1-6H2,(H,15,16). The van der Waals surface area contributed by atoms with Crippen molar-refractivity contribution in [3.05, 3.63) is 0 Å². The van der Waals surface area contributed by atoms with E-state index in [9.17, 15) is 10.1 Å². The van der Waals surface area contributed by atoms with Crippen molar-refractivity contribution in [2.75, 3.05) is 0 Å². The van der Waals surface area contributed by atoms with Crippen LogP contribution in [0.25, 0.3) is 0 Å². The largest absolute Gasteiger partial charge is 0.334 e. The topological polar surface area (TPSA) is 52.9 Å². The maximum Gasteiger partial charge on any atom is 0.273 e. The van der Waals surface area contributed by atoms with Crippen LogP contribution in [0.1, 0.15) is 38.5 Å². The van der Waals surface area contributed by atoms with Crippen LogP contribution in [0.15, 0.2) is 0 Å². The van der Waals surface area contributed by atoms with Gasteiger partial charge in [0.1, 0.15) is 5.54 Å². The van der Waals surface area contributed by atoms with Crippen molar-refractivity contribution < 1.29 is 4.79 Å². The molecule has 0 saturated heterocycles. The van der Waals surface area contributed by atoms with Crippen LogP contribution < -0.4 is 5.32 Å². The lowest BCUT2D eigenvalue weighted by Crippen LogP contribution is -2.51. The maximum absolute atomic E-state index is 11.6. The second kappa shape index (κ2) is 5.44. The molecular weight excluding hydrogens is 270 g/mol. The molecule has 1 amide bonds. The van der Waals surface area contributed by atoms with Crippen molar-refractivity contribution in [2.24, 2.45) is 0 Å². The molecule has 0 aromatic carbocycles. The van der Waals surface area contributed by atoms with Crippen molar-refractivity contribution in [1.29, 1.82) is 5.26 Å². The quantitative estimate of drug-likeness (QED) is 0.594. The Kier molecular flexibility index (Phi) is 4.73. The Hall–Kier alpha value is -0.170. The van der Waals surface area contributed by atoms with Crippen LogP contribution in [0.3, 0.4) is 0 Å². The van der Waals surface area contributed by atoms with Gasteiger partial charge in [0.15, 0.2) is 0 Å². The summed E-state index contributed by atoms with van der Waals surface area (Å²) in [6, 6.07) is 2.15. The minimum atomic E-state index is -2.00. The third kappa shape index (κ3) is 3.69. The lowest BCUT2D eigenvalue weighted by atomic mass is 9.92. The average molecular weight is 284 g/mol. The Morgan fingerprint density at radius 1 is 1.19 bits per heavy atom. The lowest BCUT2D eigenvalue weighted by molar-refractivity contribution is -0.121. The predicted octanol–water partition coefficient (Wildman–Crippen LogP) is 3.09. The van der Waals surface area contributed by atoms with Gasteiger partial charge in [-0.2, -0.15) is 5.26 Å². The molecule has 1 aliphatic rings. The second-order valence-electron chi connectivity index (χ2n) is 4.06. The summed E-state index contributed by atoms with van der Waals surface area (Å²) in [6.45, 7) is 0. The summed E-state index contributed by atoms with van der Waals surface area (Å²) >= 11 is 16.4. The van der Waals surface area contributed by atoms with Gasteiger partial charge in [-0.25, -0.2) is 0 Å². The first-order valence-corrected chi connectivity index (χ1v) is 6.34. The molecule has 0 radical (unpaired) electrons. The van der Waals surface area contributed by atoms with Gasteiger partial charge in [-0.1, -0.05) is 60.5 Å². The first-order chi connectivity index (χ1) is 7.40. The Morgan fingerprint density at radius 2 is 1.69 bits per heavy atom. The van der Waals surface area contributed by atoms with Crippen LogP contribution in [-0.4, -0.2) is 15.2 Å². The molecule has 1 rings (SSSR count). The van der Waals surface area contributed by atoms with E-state index in [0.717, 1.165) is 25.7 Å². The first-order valence-electron chi connectivity index (χ1n) is 5.20. The van der Waals surface area contributed by atoms with Crippen LogP contribution in [0, 0.1) is 11.3 Å². The number of hydrogen-bond acceptors (Lipinski definition) is 2. The molecule has 90 valence electrons. The molecule has 1 saturated carbocycles. The number of halogens is 3.